The third-order valence-electron chi connectivity index (χ3n) is 10.6. The Morgan fingerprint density at radius 3 is 2.31 bits per heavy atom. The average molecular weight is 401 g/mol. The van der Waals surface area contributed by atoms with Crippen LogP contribution in [-0.2, 0) is 9.59 Å². The van der Waals surface area contributed by atoms with Crippen molar-refractivity contribution in [3.63, 3.8) is 0 Å². The summed E-state index contributed by atoms with van der Waals surface area (Å²) in [6.45, 7) is 12.2. The molecule has 0 N–H and O–H groups in total. The van der Waals surface area contributed by atoms with E-state index in [2.05, 4.69) is 34.6 Å². The molecule has 0 saturated heterocycles. The minimum atomic E-state index is -0.0808. The Bertz CT molecular complexity index is 651. The van der Waals surface area contributed by atoms with Gasteiger partial charge in [-0.3, -0.25) is 9.59 Å². The van der Waals surface area contributed by atoms with Crippen molar-refractivity contribution in [3.8, 4) is 0 Å². The molecular formula is C27H44O2. The Balaban J connectivity index is 1.49. The monoisotopic (exact) mass is 400 g/mol. The fourth-order valence-electron chi connectivity index (χ4n) is 8.95. The largest absolute Gasteiger partial charge is 0.291 e. The van der Waals surface area contributed by atoms with E-state index in [1.54, 1.807) is 0 Å². The molecule has 4 fully saturated rings. The van der Waals surface area contributed by atoms with Gasteiger partial charge in [0, 0.05) is 12.8 Å². The van der Waals surface area contributed by atoms with Gasteiger partial charge in [0.15, 0.2) is 11.6 Å². The Morgan fingerprint density at radius 2 is 1.59 bits per heavy atom. The molecule has 29 heavy (non-hydrogen) atoms. The number of carbonyl (C=O) groups is 2. The zero-order valence-corrected chi connectivity index (χ0v) is 19.6. The maximum absolute atomic E-state index is 12.4. The van der Waals surface area contributed by atoms with Gasteiger partial charge in [-0.2, -0.15) is 0 Å². The summed E-state index contributed by atoms with van der Waals surface area (Å²) >= 11 is 0. The summed E-state index contributed by atoms with van der Waals surface area (Å²) in [4.78, 5) is 24.4. The van der Waals surface area contributed by atoms with E-state index in [4.69, 9.17) is 0 Å². The predicted molar refractivity (Wildman–Crippen MR) is 118 cm³/mol. The zero-order valence-electron chi connectivity index (χ0n) is 19.6. The van der Waals surface area contributed by atoms with E-state index < -0.39 is 0 Å². The summed E-state index contributed by atoms with van der Waals surface area (Å²) in [5, 5.41) is 0. The van der Waals surface area contributed by atoms with Crippen molar-refractivity contribution in [2.24, 2.45) is 52.3 Å². The lowest BCUT2D eigenvalue weighted by molar-refractivity contribution is -0.154. The van der Waals surface area contributed by atoms with Gasteiger partial charge in [-0.05, 0) is 90.8 Å². The summed E-state index contributed by atoms with van der Waals surface area (Å²) in [7, 11) is 0. The predicted octanol–water partition coefficient (Wildman–Crippen LogP) is 6.86. The van der Waals surface area contributed by atoms with Crippen molar-refractivity contribution in [1.29, 1.82) is 0 Å². The van der Waals surface area contributed by atoms with Gasteiger partial charge in [0.25, 0.3) is 0 Å². The molecule has 0 heterocycles. The topological polar surface area (TPSA) is 34.1 Å². The molecule has 4 saturated carbocycles. The first kappa shape index (κ1) is 21.6. The van der Waals surface area contributed by atoms with Gasteiger partial charge in [-0.25, -0.2) is 0 Å². The lowest BCUT2D eigenvalue weighted by Crippen LogP contribution is -2.55. The van der Waals surface area contributed by atoms with Crippen molar-refractivity contribution in [2.45, 2.75) is 105 Å². The first-order valence-electron chi connectivity index (χ1n) is 12.7. The molecule has 8 atom stereocenters. The highest BCUT2D eigenvalue weighted by molar-refractivity contribution is 6.38. The smallest absolute Gasteiger partial charge is 0.198 e. The number of fused-ring (bicyclic) bond motifs is 5. The van der Waals surface area contributed by atoms with E-state index in [0.29, 0.717) is 30.1 Å². The van der Waals surface area contributed by atoms with Crippen molar-refractivity contribution < 1.29 is 9.59 Å². The van der Waals surface area contributed by atoms with Crippen LogP contribution in [-0.4, -0.2) is 11.6 Å². The lowest BCUT2D eigenvalue weighted by atomic mass is 9.44. The molecule has 0 radical (unpaired) electrons. The first-order chi connectivity index (χ1) is 13.7. The molecule has 2 heteroatoms. The Morgan fingerprint density at radius 1 is 0.862 bits per heavy atom. The first-order valence-corrected chi connectivity index (χ1v) is 12.7. The standard InChI is InChI=1S/C27H44O2/c1-17(2)7-6-8-18(3)21-11-12-22-20-10-9-19-15-24(28)25(29)16-27(19,5)23(20)13-14-26(21,22)4/h17-23H,6-16H2,1-5H3/t18-,19+,20?,21?,22?,23?,26?,27?/m1/s1. The minimum absolute atomic E-state index is 0.0687. The summed E-state index contributed by atoms with van der Waals surface area (Å²) in [6, 6.07) is 0. The Labute approximate surface area is 179 Å². The maximum Gasteiger partial charge on any atom is 0.198 e. The summed E-state index contributed by atoms with van der Waals surface area (Å²) < 4.78 is 0. The van der Waals surface area contributed by atoms with E-state index in [9.17, 15) is 9.59 Å². The molecule has 0 bridgehead atoms. The van der Waals surface area contributed by atoms with E-state index in [0.717, 1.165) is 29.6 Å². The van der Waals surface area contributed by atoms with Crippen LogP contribution in [0.25, 0.3) is 0 Å². The quantitative estimate of drug-likeness (QED) is 0.473. The SMILES string of the molecule is CC(C)CCC[C@@H](C)C1CCC2C3CC[C@H]4CC(=O)C(=O)CC4(C)C3CCC21C. The second-order valence-electron chi connectivity index (χ2n) is 12.4. The number of Topliss-reactive ketones (excluding diaryl/α,β-unsaturated/α-hetero) is 2. The van der Waals surface area contributed by atoms with Gasteiger partial charge in [-0.15, -0.1) is 0 Å². The van der Waals surface area contributed by atoms with Gasteiger partial charge in [0.05, 0.1) is 0 Å². The van der Waals surface area contributed by atoms with Gasteiger partial charge in [0.2, 0.25) is 0 Å². The van der Waals surface area contributed by atoms with Crippen LogP contribution in [0.15, 0.2) is 0 Å². The lowest BCUT2D eigenvalue weighted by Gasteiger charge is -2.60. The molecule has 0 aliphatic heterocycles. The number of ketones is 2. The fraction of sp³-hybridized carbons (Fsp3) is 0.926. The molecule has 0 amide bonds. The summed E-state index contributed by atoms with van der Waals surface area (Å²) in [5.74, 6) is 5.20. The molecule has 0 aromatic heterocycles. The third kappa shape index (κ3) is 3.55. The summed E-state index contributed by atoms with van der Waals surface area (Å²) in [5.41, 5.74) is 0.603. The molecule has 4 aliphatic rings. The molecule has 0 aromatic carbocycles. The van der Waals surface area contributed by atoms with E-state index in [1.165, 1.54) is 57.8 Å². The molecule has 6 unspecified atom stereocenters. The minimum Gasteiger partial charge on any atom is -0.291 e. The molecule has 2 nitrogen and oxygen atoms in total. The van der Waals surface area contributed by atoms with E-state index in [1.807, 2.05) is 0 Å². The van der Waals surface area contributed by atoms with Crippen LogP contribution in [0.1, 0.15) is 105 Å². The van der Waals surface area contributed by atoms with Crippen molar-refractivity contribution >= 4 is 11.6 Å². The molecule has 0 spiro atoms. The van der Waals surface area contributed by atoms with Gasteiger partial charge in [0.1, 0.15) is 0 Å². The van der Waals surface area contributed by atoms with Gasteiger partial charge >= 0.3 is 0 Å². The Kier molecular flexibility index (Phi) is 5.79. The highest BCUT2D eigenvalue weighted by Crippen LogP contribution is 2.68. The number of hydrogen-bond donors (Lipinski definition) is 0. The highest BCUT2D eigenvalue weighted by Gasteiger charge is 2.61. The number of hydrogen-bond acceptors (Lipinski definition) is 2. The molecular weight excluding hydrogens is 356 g/mol. The molecule has 4 aliphatic carbocycles. The normalized spacial score (nSPS) is 45.7. The molecule has 0 aromatic rings. The van der Waals surface area contributed by atoms with Crippen LogP contribution < -0.4 is 0 Å². The summed E-state index contributed by atoms with van der Waals surface area (Å²) in [6.07, 6.45) is 13.2. The zero-order chi connectivity index (χ0) is 21.0. The van der Waals surface area contributed by atoms with Crippen LogP contribution >= 0.6 is 0 Å². The van der Waals surface area contributed by atoms with E-state index >= 15 is 0 Å². The van der Waals surface area contributed by atoms with Crippen LogP contribution in [0.4, 0.5) is 0 Å². The number of carbonyl (C=O) groups excluding carboxylic acids is 2. The highest BCUT2D eigenvalue weighted by atomic mass is 16.2. The van der Waals surface area contributed by atoms with Crippen LogP contribution in [0.2, 0.25) is 0 Å². The van der Waals surface area contributed by atoms with Crippen LogP contribution in [0, 0.1) is 52.3 Å². The average Bonchev–Trinajstić information content (AvgIpc) is 3.00. The van der Waals surface area contributed by atoms with Crippen molar-refractivity contribution in [3.05, 3.63) is 0 Å². The van der Waals surface area contributed by atoms with Crippen molar-refractivity contribution in [2.75, 3.05) is 0 Å². The molecule has 164 valence electrons. The van der Waals surface area contributed by atoms with Crippen LogP contribution in [0.3, 0.4) is 0 Å². The third-order valence-corrected chi connectivity index (χ3v) is 10.6. The maximum atomic E-state index is 12.4. The van der Waals surface area contributed by atoms with E-state index in [-0.39, 0.29) is 17.0 Å². The second-order valence-corrected chi connectivity index (χ2v) is 12.4. The van der Waals surface area contributed by atoms with Crippen molar-refractivity contribution in [1.82, 2.24) is 0 Å². The van der Waals surface area contributed by atoms with Crippen LogP contribution in [0.5, 0.6) is 0 Å². The number of rotatable bonds is 5. The molecule has 4 rings (SSSR count). The Hall–Kier alpha value is -0.660. The van der Waals surface area contributed by atoms with Gasteiger partial charge in [-0.1, -0.05) is 53.9 Å². The second kappa shape index (κ2) is 7.79. The fourth-order valence-corrected chi connectivity index (χ4v) is 8.95. The van der Waals surface area contributed by atoms with Gasteiger partial charge < -0.3 is 0 Å².